The maximum Gasteiger partial charge on any atom is 0.0467 e. The zero-order valence-electron chi connectivity index (χ0n) is 41.0. The summed E-state index contributed by atoms with van der Waals surface area (Å²) in [6.07, 6.45) is 0. The standard InChI is InChI=1S/C65H63N/c1-61(2,3)42-37-51-59-47(25-19-29-55(59)65(11,12)60(51)57(38-42)62(4,5)6)41-20-17-21-44(36-41)66(45-34-35-49-48-22-13-15-26-52(48)64(9,10)56(49)39-45)43-32-30-40(31-33-43)46-24-18-28-54-58(46)50-23-14-16-27-53(50)63(54,7)8/h13-39H,1-12H3. The van der Waals surface area contributed by atoms with Crippen molar-refractivity contribution in [2.45, 2.75) is 110 Å². The third-order valence-corrected chi connectivity index (χ3v) is 15.7. The van der Waals surface area contributed by atoms with Crippen molar-refractivity contribution in [2.75, 3.05) is 4.90 Å². The Kier molecular flexibility index (Phi) is 9.13. The number of fused-ring (bicyclic) bond motifs is 9. The van der Waals surface area contributed by atoms with E-state index < -0.39 is 0 Å². The molecule has 1 nitrogen and oxygen atoms in total. The van der Waals surface area contributed by atoms with Crippen LogP contribution in [0, 0.1) is 0 Å². The predicted molar refractivity (Wildman–Crippen MR) is 282 cm³/mol. The first-order chi connectivity index (χ1) is 31.3. The number of rotatable bonds is 5. The summed E-state index contributed by atoms with van der Waals surface area (Å²) in [7, 11) is 0. The maximum absolute atomic E-state index is 2.52. The highest BCUT2D eigenvalue weighted by Gasteiger charge is 2.42. The van der Waals surface area contributed by atoms with E-state index in [1.807, 2.05) is 0 Å². The highest BCUT2D eigenvalue weighted by molar-refractivity contribution is 5.96. The maximum atomic E-state index is 2.52. The average Bonchev–Trinajstić information content (AvgIpc) is 3.78. The third kappa shape index (κ3) is 6.18. The molecule has 0 aromatic heterocycles. The van der Waals surface area contributed by atoms with Crippen LogP contribution in [0.15, 0.2) is 164 Å². The summed E-state index contributed by atoms with van der Waals surface area (Å²) in [5.74, 6) is 0. The molecule has 0 bridgehead atoms. The zero-order chi connectivity index (χ0) is 46.3. The highest BCUT2D eigenvalue weighted by atomic mass is 15.1. The zero-order valence-corrected chi connectivity index (χ0v) is 41.0. The van der Waals surface area contributed by atoms with Gasteiger partial charge in [0.15, 0.2) is 0 Å². The van der Waals surface area contributed by atoms with Gasteiger partial charge in [-0.3, -0.25) is 0 Å². The summed E-state index contributed by atoms with van der Waals surface area (Å²) < 4.78 is 0. The predicted octanol–water partition coefficient (Wildman–Crippen LogP) is 18.0. The minimum atomic E-state index is -0.142. The Balaban J connectivity index is 1.08. The van der Waals surface area contributed by atoms with Crippen molar-refractivity contribution in [3.63, 3.8) is 0 Å². The molecule has 0 unspecified atom stereocenters. The molecule has 1 heteroatoms. The van der Waals surface area contributed by atoms with E-state index in [4.69, 9.17) is 0 Å². The van der Waals surface area contributed by atoms with Crippen LogP contribution in [-0.4, -0.2) is 0 Å². The second kappa shape index (κ2) is 14.3. The van der Waals surface area contributed by atoms with Gasteiger partial charge in [0, 0.05) is 33.3 Å². The van der Waals surface area contributed by atoms with Gasteiger partial charge in [0.2, 0.25) is 0 Å². The molecule has 0 spiro atoms. The van der Waals surface area contributed by atoms with E-state index >= 15 is 0 Å². The monoisotopic (exact) mass is 857 g/mol. The Morgan fingerprint density at radius 1 is 0.333 bits per heavy atom. The van der Waals surface area contributed by atoms with Crippen LogP contribution in [0.25, 0.3) is 55.6 Å². The first-order valence-electron chi connectivity index (χ1n) is 24.1. The molecule has 0 radical (unpaired) electrons. The smallest absolute Gasteiger partial charge is 0.0467 e. The summed E-state index contributed by atoms with van der Waals surface area (Å²) in [6, 6.07) is 62.7. The molecule has 11 rings (SSSR count). The molecule has 0 N–H and O–H groups in total. The molecule has 0 heterocycles. The van der Waals surface area contributed by atoms with Crippen LogP contribution in [0.5, 0.6) is 0 Å². The Morgan fingerprint density at radius 2 is 0.833 bits per heavy atom. The van der Waals surface area contributed by atoms with Crippen LogP contribution in [-0.2, 0) is 27.1 Å². The van der Waals surface area contributed by atoms with Crippen LogP contribution in [0.1, 0.15) is 128 Å². The van der Waals surface area contributed by atoms with Crippen LogP contribution in [0.4, 0.5) is 17.1 Å². The number of nitrogens with zero attached hydrogens (tertiary/aromatic N) is 1. The quantitative estimate of drug-likeness (QED) is 0.167. The molecule has 0 fully saturated rings. The number of anilines is 3. The molecule has 328 valence electrons. The van der Waals surface area contributed by atoms with Gasteiger partial charge in [0.25, 0.3) is 0 Å². The number of benzene rings is 8. The van der Waals surface area contributed by atoms with Gasteiger partial charge in [-0.05, 0) is 147 Å². The summed E-state index contributed by atoms with van der Waals surface area (Å²) in [5.41, 5.74) is 27.6. The SMILES string of the molecule is CC(C)(C)c1cc2c(c(C(C)(C)C)c1)C(C)(C)c1cccc(-c3cccc(N(c4ccc(-c5cccc6c5-c5ccccc5C6(C)C)cc4)c4ccc5c(c4)C(C)(C)c4ccccc4-5)c3)c1-2. The second-order valence-electron chi connectivity index (χ2n) is 23.0. The van der Waals surface area contributed by atoms with E-state index in [-0.39, 0.29) is 27.1 Å². The molecular weight excluding hydrogens is 795 g/mol. The lowest BCUT2D eigenvalue weighted by atomic mass is 9.71. The van der Waals surface area contributed by atoms with Gasteiger partial charge in [-0.1, -0.05) is 210 Å². The Bertz CT molecular complexity index is 3280. The normalized spacial score (nSPS) is 15.6. The van der Waals surface area contributed by atoms with E-state index in [0.29, 0.717) is 0 Å². The molecule has 0 amide bonds. The van der Waals surface area contributed by atoms with Crippen molar-refractivity contribution in [2.24, 2.45) is 0 Å². The first kappa shape index (κ1) is 42.2. The largest absolute Gasteiger partial charge is 0.310 e. The van der Waals surface area contributed by atoms with Gasteiger partial charge < -0.3 is 4.90 Å². The topological polar surface area (TPSA) is 3.24 Å². The van der Waals surface area contributed by atoms with Crippen molar-refractivity contribution >= 4 is 17.1 Å². The average molecular weight is 858 g/mol. The first-order valence-corrected chi connectivity index (χ1v) is 24.1. The van der Waals surface area contributed by atoms with Gasteiger partial charge >= 0.3 is 0 Å². The molecule has 0 saturated carbocycles. The van der Waals surface area contributed by atoms with E-state index in [2.05, 4.69) is 252 Å². The van der Waals surface area contributed by atoms with Crippen molar-refractivity contribution in [1.29, 1.82) is 0 Å². The van der Waals surface area contributed by atoms with E-state index in [1.165, 1.54) is 100 Å². The van der Waals surface area contributed by atoms with Crippen LogP contribution in [0.3, 0.4) is 0 Å². The summed E-state index contributed by atoms with van der Waals surface area (Å²) in [5, 5.41) is 0. The summed E-state index contributed by atoms with van der Waals surface area (Å²) >= 11 is 0. The van der Waals surface area contributed by atoms with Gasteiger partial charge in [-0.2, -0.15) is 0 Å². The molecule has 0 saturated heterocycles. The van der Waals surface area contributed by atoms with Gasteiger partial charge in [-0.25, -0.2) is 0 Å². The fraction of sp³-hybridized carbons (Fsp3) is 0.262. The second-order valence-corrected chi connectivity index (χ2v) is 23.0. The van der Waals surface area contributed by atoms with E-state index in [9.17, 15) is 0 Å². The van der Waals surface area contributed by atoms with Gasteiger partial charge in [0.05, 0.1) is 0 Å². The molecule has 3 aliphatic rings. The molecule has 0 aliphatic heterocycles. The van der Waals surface area contributed by atoms with Crippen molar-refractivity contribution < 1.29 is 0 Å². The van der Waals surface area contributed by atoms with Crippen LogP contribution < -0.4 is 4.90 Å². The van der Waals surface area contributed by atoms with Crippen molar-refractivity contribution in [3.05, 3.63) is 208 Å². The van der Waals surface area contributed by atoms with Crippen LogP contribution >= 0.6 is 0 Å². The molecule has 0 atom stereocenters. The summed E-state index contributed by atoms with van der Waals surface area (Å²) in [6.45, 7) is 28.6. The van der Waals surface area contributed by atoms with Gasteiger partial charge in [-0.15, -0.1) is 0 Å². The van der Waals surface area contributed by atoms with Crippen molar-refractivity contribution in [1.82, 2.24) is 0 Å². The molecule has 3 aliphatic carbocycles. The van der Waals surface area contributed by atoms with Crippen LogP contribution in [0.2, 0.25) is 0 Å². The Labute approximate surface area is 394 Å². The number of hydrogen-bond donors (Lipinski definition) is 0. The number of hydrogen-bond acceptors (Lipinski definition) is 1. The molecular formula is C65H63N. The fourth-order valence-electron chi connectivity index (χ4n) is 12.2. The summed E-state index contributed by atoms with van der Waals surface area (Å²) in [4.78, 5) is 2.48. The highest BCUT2D eigenvalue weighted by Crippen LogP contribution is 2.57. The fourth-order valence-corrected chi connectivity index (χ4v) is 12.2. The molecule has 8 aromatic carbocycles. The lowest BCUT2D eigenvalue weighted by Crippen LogP contribution is -2.24. The Morgan fingerprint density at radius 3 is 1.50 bits per heavy atom. The Hall–Kier alpha value is -6.44. The minimum absolute atomic E-state index is 0.00574. The third-order valence-electron chi connectivity index (χ3n) is 15.7. The molecule has 8 aromatic rings. The van der Waals surface area contributed by atoms with Gasteiger partial charge in [0.1, 0.15) is 0 Å². The lowest BCUT2D eigenvalue weighted by Gasteiger charge is -2.32. The molecule has 66 heavy (non-hydrogen) atoms. The van der Waals surface area contributed by atoms with E-state index in [0.717, 1.165) is 17.1 Å². The van der Waals surface area contributed by atoms with E-state index in [1.54, 1.807) is 0 Å². The van der Waals surface area contributed by atoms with Crippen molar-refractivity contribution in [3.8, 4) is 55.6 Å². The minimum Gasteiger partial charge on any atom is -0.310 e. The lowest BCUT2D eigenvalue weighted by molar-refractivity contribution is 0.545.